The number of nitrogens with one attached hydrogen (secondary N) is 1. The summed E-state index contributed by atoms with van der Waals surface area (Å²) in [5.41, 5.74) is 2.50. The molecule has 3 rings (SSSR count). The molecular weight excluding hydrogens is 346 g/mol. The van der Waals surface area contributed by atoms with Crippen LogP contribution >= 0.6 is 11.8 Å². The Morgan fingerprint density at radius 2 is 2.08 bits per heavy atom. The van der Waals surface area contributed by atoms with Crippen molar-refractivity contribution in [1.82, 2.24) is 9.55 Å². The molecule has 0 fully saturated rings. The Labute approximate surface area is 158 Å². The number of fused-ring (bicyclic) bond motifs is 1. The van der Waals surface area contributed by atoms with Crippen LogP contribution in [0.25, 0.3) is 0 Å². The number of thioether (sulfide) groups is 1. The van der Waals surface area contributed by atoms with Gasteiger partial charge in [-0.05, 0) is 18.1 Å². The van der Waals surface area contributed by atoms with Gasteiger partial charge in [-0.25, -0.2) is 4.98 Å². The summed E-state index contributed by atoms with van der Waals surface area (Å²) in [6.07, 6.45) is 1.13. The largest absolute Gasteiger partial charge is 0.326 e. The van der Waals surface area contributed by atoms with Crippen molar-refractivity contribution in [2.24, 2.45) is 0 Å². The molecule has 0 bridgehead atoms. The number of amides is 1. The van der Waals surface area contributed by atoms with E-state index in [-0.39, 0.29) is 29.3 Å². The van der Waals surface area contributed by atoms with Crippen molar-refractivity contribution in [2.75, 3.05) is 11.1 Å². The lowest BCUT2D eigenvalue weighted by Gasteiger charge is -2.19. The number of benzene rings is 1. The summed E-state index contributed by atoms with van der Waals surface area (Å²) in [7, 11) is 0. The van der Waals surface area contributed by atoms with Gasteiger partial charge < -0.3 is 5.32 Å². The average molecular weight is 372 g/mol. The van der Waals surface area contributed by atoms with Crippen LogP contribution < -0.4 is 10.9 Å². The fourth-order valence-corrected chi connectivity index (χ4v) is 4.20. The molecule has 1 N–H and O–H groups in total. The Hall–Kier alpha value is -2.08. The van der Waals surface area contributed by atoms with Gasteiger partial charge in [-0.2, -0.15) is 0 Å². The van der Waals surface area contributed by atoms with Gasteiger partial charge >= 0.3 is 0 Å². The standard InChI is InChI=1S/C20H25N3O2S/c1-5-13-8-6-7-9-15(13)21-17(24)10-14-12-26-19-22-16(20(2,3)4)11-18(25)23(14)19/h6-9,11,14H,5,10,12H2,1-4H3,(H,21,24). The summed E-state index contributed by atoms with van der Waals surface area (Å²) in [5, 5.41) is 3.71. The van der Waals surface area contributed by atoms with E-state index in [0.717, 1.165) is 23.4 Å². The maximum atomic E-state index is 12.6. The second-order valence-corrected chi connectivity index (χ2v) is 8.60. The SMILES string of the molecule is CCc1ccccc1NC(=O)CC1CSc2nc(C(C)(C)C)cc(=O)n21. The fourth-order valence-electron chi connectivity index (χ4n) is 3.05. The number of aromatic nitrogens is 2. The van der Waals surface area contributed by atoms with E-state index in [2.05, 4.69) is 17.2 Å². The summed E-state index contributed by atoms with van der Waals surface area (Å²) in [4.78, 5) is 29.8. The quantitative estimate of drug-likeness (QED) is 0.831. The third-order valence-corrected chi connectivity index (χ3v) is 5.65. The highest BCUT2D eigenvalue weighted by Gasteiger charge is 2.29. The molecule has 0 saturated carbocycles. The summed E-state index contributed by atoms with van der Waals surface area (Å²) in [6, 6.07) is 9.26. The molecule has 138 valence electrons. The van der Waals surface area contributed by atoms with Gasteiger partial charge in [0.25, 0.3) is 5.56 Å². The van der Waals surface area contributed by atoms with Crippen LogP contribution in [0.3, 0.4) is 0 Å². The molecule has 1 aliphatic rings. The zero-order valence-corrected chi connectivity index (χ0v) is 16.5. The Kier molecular flexibility index (Phi) is 5.23. The van der Waals surface area contributed by atoms with Crippen LogP contribution in [0.1, 0.15) is 51.4 Å². The van der Waals surface area contributed by atoms with Crippen molar-refractivity contribution >= 4 is 23.4 Å². The van der Waals surface area contributed by atoms with Gasteiger partial charge in [0.15, 0.2) is 5.16 Å². The van der Waals surface area contributed by atoms with Crippen molar-refractivity contribution in [3.8, 4) is 0 Å². The predicted molar refractivity (Wildman–Crippen MR) is 106 cm³/mol. The second-order valence-electron chi connectivity index (χ2n) is 7.61. The number of aryl methyl sites for hydroxylation is 1. The van der Waals surface area contributed by atoms with Crippen molar-refractivity contribution in [1.29, 1.82) is 0 Å². The van der Waals surface area contributed by atoms with E-state index >= 15 is 0 Å². The topological polar surface area (TPSA) is 64.0 Å². The molecule has 1 aliphatic heterocycles. The minimum atomic E-state index is -0.172. The lowest BCUT2D eigenvalue weighted by Crippen LogP contribution is -2.29. The first-order chi connectivity index (χ1) is 12.3. The van der Waals surface area contributed by atoms with E-state index < -0.39 is 0 Å². The van der Waals surface area contributed by atoms with E-state index in [1.165, 1.54) is 0 Å². The lowest BCUT2D eigenvalue weighted by molar-refractivity contribution is -0.116. The summed E-state index contributed by atoms with van der Waals surface area (Å²) in [6.45, 7) is 8.19. The molecule has 5 nitrogen and oxygen atoms in total. The minimum absolute atomic E-state index is 0.0725. The molecule has 1 amide bonds. The van der Waals surface area contributed by atoms with E-state index in [9.17, 15) is 9.59 Å². The number of para-hydroxylation sites is 1. The van der Waals surface area contributed by atoms with Crippen LogP contribution in [0.5, 0.6) is 0 Å². The highest BCUT2D eigenvalue weighted by Crippen LogP contribution is 2.33. The summed E-state index contributed by atoms with van der Waals surface area (Å²) >= 11 is 1.55. The normalized spacial score (nSPS) is 16.4. The van der Waals surface area contributed by atoms with Crippen LogP contribution in [-0.4, -0.2) is 21.2 Å². The number of nitrogens with zero attached hydrogens (tertiary/aromatic N) is 2. The number of anilines is 1. The monoisotopic (exact) mass is 371 g/mol. The molecule has 0 spiro atoms. The molecule has 0 aliphatic carbocycles. The maximum Gasteiger partial charge on any atom is 0.254 e. The molecule has 1 aromatic heterocycles. The molecule has 2 aromatic rings. The van der Waals surface area contributed by atoms with Crippen molar-refractivity contribution in [3.63, 3.8) is 0 Å². The van der Waals surface area contributed by atoms with Crippen LogP contribution in [0.2, 0.25) is 0 Å². The van der Waals surface area contributed by atoms with E-state index in [0.29, 0.717) is 10.9 Å². The molecular formula is C20H25N3O2S. The first-order valence-electron chi connectivity index (χ1n) is 8.94. The van der Waals surface area contributed by atoms with Crippen LogP contribution in [0.4, 0.5) is 5.69 Å². The summed E-state index contributed by atoms with van der Waals surface area (Å²) in [5.74, 6) is 0.620. The van der Waals surface area contributed by atoms with Gasteiger partial charge in [0.05, 0.1) is 11.7 Å². The fraction of sp³-hybridized carbons (Fsp3) is 0.450. The number of hydrogen-bond acceptors (Lipinski definition) is 4. The van der Waals surface area contributed by atoms with E-state index in [1.807, 2.05) is 45.0 Å². The molecule has 1 atom stereocenters. The minimum Gasteiger partial charge on any atom is -0.326 e. The van der Waals surface area contributed by atoms with Gasteiger partial charge in [0, 0.05) is 29.3 Å². The highest BCUT2D eigenvalue weighted by atomic mass is 32.2. The highest BCUT2D eigenvalue weighted by molar-refractivity contribution is 7.99. The molecule has 1 unspecified atom stereocenters. The van der Waals surface area contributed by atoms with E-state index in [1.54, 1.807) is 22.4 Å². The Balaban J connectivity index is 1.78. The number of carbonyl (C=O) groups excluding carboxylic acids is 1. The van der Waals surface area contributed by atoms with Crippen molar-refractivity contribution in [2.45, 2.75) is 57.1 Å². The van der Waals surface area contributed by atoms with Crippen molar-refractivity contribution < 1.29 is 4.79 Å². The third kappa shape index (κ3) is 3.85. The molecule has 0 radical (unpaired) electrons. The molecule has 1 aromatic carbocycles. The number of rotatable bonds is 4. The van der Waals surface area contributed by atoms with Gasteiger partial charge in [0.2, 0.25) is 5.91 Å². The average Bonchev–Trinajstić information content (AvgIpc) is 2.98. The van der Waals surface area contributed by atoms with Gasteiger partial charge in [0.1, 0.15) is 0 Å². The van der Waals surface area contributed by atoms with Crippen LogP contribution in [0, 0.1) is 0 Å². The zero-order chi connectivity index (χ0) is 18.9. The Morgan fingerprint density at radius 3 is 2.77 bits per heavy atom. The first-order valence-corrected chi connectivity index (χ1v) is 9.92. The first kappa shape index (κ1) is 18.7. The Morgan fingerprint density at radius 1 is 1.35 bits per heavy atom. The Bertz CT molecular complexity index is 883. The molecule has 0 saturated heterocycles. The number of carbonyl (C=O) groups is 1. The smallest absolute Gasteiger partial charge is 0.254 e. The molecule has 26 heavy (non-hydrogen) atoms. The summed E-state index contributed by atoms with van der Waals surface area (Å²) < 4.78 is 1.67. The van der Waals surface area contributed by atoms with Gasteiger partial charge in [-0.1, -0.05) is 57.7 Å². The zero-order valence-electron chi connectivity index (χ0n) is 15.7. The van der Waals surface area contributed by atoms with Gasteiger partial charge in [-0.15, -0.1) is 0 Å². The second kappa shape index (κ2) is 7.27. The number of hydrogen-bond donors (Lipinski definition) is 1. The maximum absolute atomic E-state index is 12.6. The van der Waals surface area contributed by atoms with Crippen LogP contribution in [-0.2, 0) is 16.6 Å². The molecule has 2 heterocycles. The van der Waals surface area contributed by atoms with Gasteiger partial charge in [-0.3, -0.25) is 14.2 Å². The lowest BCUT2D eigenvalue weighted by atomic mass is 9.92. The predicted octanol–water partition coefficient (Wildman–Crippen LogP) is 3.78. The molecule has 6 heteroatoms. The van der Waals surface area contributed by atoms with Crippen LogP contribution in [0.15, 0.2) is 40.3 Å². The third-order valence-electron chi connectivity index (χ3n) is 4.55. The van der Waals surface area contributed by atoms with E-state index in [4.69, 9.17) is 0 Å². The van der Waals surface area contributed by atoms with Crippen molar-refractivity contribution in [3.05, 3.63) is 51.9 Å².